The van der Waals surface area contributed by atoms with Crippen LogP contribution >= 0.6 is 11.3 Å². The molecule has 1 fully saturated rings. The Bertz CT molecular complexity index is 889. The molecule has 1 aromatic heterocycles. The van der Waals surface area contributed by atoms with E-state index in [1.807, 2.05) is 30.3 Å². The van der Waals surface area contributed by atoms with Crippen LogP contribution in [0.15, 0.2) is 48.5 Å². The minimum absolute atomic E-state index is 0.319. The van der Waals surface area contributed by atoms with Crippen molar-refractivity contribution >= 4 is 11.3 Å². The standard InChI is InChI=1S/C22H20F2S/c1-2-14-6-8-15(9-7-14)17-10-11-18(22(24)21(17)23)20-13-12-19(25-20)16-4-3-5-16/h6-13,16H,2-5H2,1H3. The Morgan fingerprint density at radius 1 is 0.880 bits per heavy atom. The molecule has 0 saturated heterocycles. The summed E-state index contributed by atoms with van der Waals surface area (Å²) in [6.45, 7) is 2.07. The van der Waals surface area contributed by atoms with Gasteiger partial charge in [-0.05, 0) is 54.5 Å². The second-order valence-corrected chi connectivity index (χ2v) is 7.78. The molecule has 0 unspecified atom stereocenters. The average Bonchev–Trinajstić information content (AvgIpc) is 3.05. The van der Waals surface area contributed by atoms with Crippen LogP contribution in [0.5, 0.6) is 0 Å². The monoisotopic (exact) mass is 354 g/mol. The van der Waals surface area contributed by atoms with E-state index in [9.17, 15) is 8.78 Å². The van der Waals surface area contributed by atoms with E-state index in [1.165, 1.54) is 29.7 Å². The van der Waals surface area contributed by atoms with Crippen LogP contribution in [0, 0.1) is 11.6 Å². The molecule has 3 heteroatoms. The van der Waals surface area contributed by atoms with Gasteiger partial charge in [-0.15, -0.1) is 11.3 Å². The molecule has 1 heterocycles. The summed E-state index contributed by atoms with van der Waals surface area (Å²) >= 11 is 1.59. The average molecular weight is 354 g/mol. The molecule has 1 saturated carbocycles. The van der Waals surface area contributed by atoms with Crippen molar-refractivity contribution in [3.63, 3.8) is 0 Å². The van der Waals surface area contributed by atoms with Crippen LogP contribution in [-0.4, -0.2) is 0 Å². The zero-order valence-corrected chi connectivity index (χ0v) is 15.0. The molecule has 0 N–H and O–H groups in total. The fourth-order valence-electron chi connectivity index (χ4n) is 3.29. The maximum atomic E-state index is 14.7. The van der Waals surface area contributed by atoms with Crippen molar-refractivity contribution in [3.8, 4) is 21.6 Å². The Labute approximate surface area is 151 Å². The minimum Gasteiger partial charge on any atom is -0.203 e. The maximum absolute atomic E-state index is 14.7. The van der Waals surface area contributed by atoms with Gasteiger partial charge in [-0.25, -0.2) is 8.78 Å². The molecule has 0 atom stereocenters. The Morgan fingerprint density at radius 2 is 1.56 bits per heavy atom. The highest BCUT2D eigenvalue weighted by molar-refractivity contribution is 7.15. The van der Waals surface area contributed by atoms with E-state index >= 15 is 0 Å². The fraction of sp³-hybridized carbons (Fsp3) is 0.273. The number of halogens is 2. The molecule has 0 amide bonds. The molecule has 0 bridgehead atoms. The maximum Gasteiger partial charge on any atom is 0.168 e. The number of aryl methyl sites for hydroxylation is 1. The normalized spacial score (nSPS) is 14.5. The quantitative estimate of drug-likeness (QED) is 0.465. The van der Waals surface area contributed by atoms with Gasteiger partial charge in [0, 0.05) is 20.9 Å². The van der Waals surface area contributed by atoms with Crippen molar-refractivity contribution < 1.29 is 8.78 Å². The molecule has 25 heavy (non-hydrogen) atoms. The third-order valence-corrected chi connectivity index (χ3v) is 6.44. The van der Waals surface area contributed by atoms with Gasteiger partial charge in [0.15, 0.2) is 11.6 Å². The molecular weight excluding hydrogens is 334 g/mol. The van der Waals surface area contributed by atoms with Gasteiger partial charge in [-0.1, -0.05) is 43.7 Å². The van der Waals surface area contributed by atoms with Crippen LogP contribution < -0.4 is 0 Å². The predicted molar refractivity (Wildman–Crippen MR) is 101 cm³/mol. The van der Waals surface area contributed by atoms with E-state index < -0.39 is 11.6 Å². The van der Waals surface area contributed by atoms with Crippen molar-refractivity contribution in [1.82, 2.24) is 0 Å². The third-order valence-electron chi connectivity index (χ3n) is 5.16. The molecule has 128 valence electrons. The van der Waals surface area contributed by atoms with Gasteiger partial charge in [-0.3, -0.25) is 0 Å². The molecule has 0 spiro atoms. The van der Waals surface area contributed by atoms with Gasteiger partial charge in [0.25, 0.3) is 0 Å². The number of hydrogen-bond donors (Lipinski definition) is 0. The molecule has 1 aliphatic carbocycles. The van der Waals surface area contributed by atoms with Gasteiger partial charge < -0.3 is 0 Å². The lowest BCUT2D eigenvalue weighted by Gasteiger charge is -2.23. The summed E-state index contributed by atoms with van der Waals surface area (Å²) in [7, 11) is 0. The van der Waals surface area contributed by atoms with E-state index in [-0.39, 0.29) is 0 Å². The predicted octanol–water partition coefficient (Wildman–Crippen LogP) is 7.19. The summed E-state index contributed by atoms with van der Waals surface area (Å²) in [5.74, 6) is -0.901. The van der Waals surface area contributed by atoms with Crippen LogP contribution in [0.25, 0.3) is 21.6 Å². The molecule has 4 rings (SSSR count). The van der Waals surface area contributed by atoms with E-state index in [2.05, 4.69) is 13.0 Å². The van der Waals surface area contributed by atoms with Crippen LogP contribution in [0.3, 0.4) is 0 Å². The van der Waals surface area contributed by atoms with Gasteiger partial charge in [0.05, 0.1) is 0 Å². The summed E-state index contributed by atoms with van der Waals surface area (Å²) in [5.41, 5.74) is 2.58. The van der Waals surface area contributed by atoms with Crippen LogP contribution in [0.1, 0.15) is 42.5 Å². The van der Waals surface area contributed by atoms with Gasteiger partial charge in [0.1, 0.15) is 0 Å². The molecule has 0 aliphatic heterocycles. The highest BCUT2D eigenvalue weighted by Gasteiger charge is 2.23. The van der Waals surface area contributed by atoms with E-state index in [1.54, 1.807) is 23.5 Å². The molecular formula is C22H20F2S. The zero-order chi connectivity index (χ0) is 17.4. The Morgan fingerprint density at radius 3 is 2.20 bits per heavy atom. The summed E-state index contributed by atoms with van der Waals surface area (Å²) < 4.78 is 29.4. The summed E-state index contributed by atoms with van der Waals surface area (Å²) in [5, 5.41) is 0. The van der Waals surface area contributed by atoms with E-state index in [0.717, 1.165) is 11.3 Å². The first-order chi connectivity index (χ1) is 12.2. The highest BCUT2D eigenvalue weighted by Crippen LogP contribution is 2.43. The Hall–Kier alpha value is -2.00. The van der Waals surface area contributed by atoms with Crippen molar-refractivity contribution in [2.75, 3.05) is 0 Å². The lowest BCUT2D eigenvalue weighted by molar-refractivity contribution is 0.426. The van der Waals surface area contributed by atoms with Crippen molar-refractivity contribution in [2.24, 2.45) is 0 Å². The third kappa shape index (κ3) is 3.02. The molecule has 1 aliphatic rings. The largest absolute Gasteiger partial charge is 0.203 e. The SMILES string of the molecule is CCc1ccc(-c2ccc(-c3ccc(C4CCC4)s3)c(F)c2F)cc1. The van der Waals surface area contributed by atoms with Crippen molar-refractivity contribution in [2.45, 2.75) is 38.5 Å². The van der Waals surface area contributed by atoms with Crippen LogP contribution in [0.2, 0.25) is 0 Å². The first kappa shape index (κ1) is 16.5. The van der Waals surface area contributed by atoms with Gasteiger partial charge in [0.2, 0.25) is 0 Å². The molecule has 0 nitrogen and oxygen atoms in total. The lowest BCUT2D eigenvalue weighted by atomic mass is 9.84. The molecule has 0 radical (unpaired) electrons. The van der Waals surface area contributed by atoms with Crippen molar-refractivity contribution in [1.29, 1.82) is 0 Å². The minimum atomic E-state index is -0.764. The number of rotatable bonds is 4. The Kier molecular flexibility index (Phi) is 4.43. The summed E-state index contributed by atoms with van der Waals surface area (Å²) in [6, 6.07) is 15.0. The second kappa shape index (κ2) is 6.72. The van der Waals surface area contributed by atoms with Crippen LogP contribution in [0.4, 0.5) is 8.78 Å². The van der Waals surface area contributed by atoms with E-state index in [0.29, 0.717) is 22.6 Å². The molecule has 2 aromatic carbocycles. The lowest BCUT2D eigenvalue weighted by Crippen LogP contribution is -2.06. The van der Waals surface area contributed by atoms with Gasteiger partial charge in [-0.2, -0.15) is 0 Å². The fourth-order valence-corrected chi connectivity index (χ4v) is 4.49. The second-order valence-electron chi connectivity index (χ2n) is 6.67. The van der Waals surface area contributed by atoms with Crippen molar-refractivity contribution in [3.05, 3.63) is 70.6 Å². The highest BCUT2D eigenvalue weighted by atomic mass is 32.1. The zero-order valence-electron chi connectivity index (χ0n) is 14.2. The number of benzene rings is 2. The smallest absolute Gasteiger partial charge is 0.168 e. The topological polar surface area (TPSA) is 0 Å². The Balaban J connectivity index is 1.68. The summed E-state index contributed by atoms with van der Waals surface area (Å²) in [6.07, 6.45) is 4.62. The molecule has 3 aromatic rings. The van der Waals surface area contributed by atoms with Crippen LogP contribution in [-0.2, 0) is 6.42 Å². The first-order valence-corrected chi connectivity index (χ1v) is 9.66. The first-order valence-electron chi connectivity index (χ1n) is 8.84. The van der Waals surface area contributed by atoms with E-state index in [4.69, 9.17) is 0 Å². The number of hydrogen-bond acceptors (Lipinski definition) is 1. The number of thiophene rings is 1. The summed E-state index contributed by atoms with van der Waals surface area (Å²) in [4.78, 5) is 2.10. The van der Waals surface area contributed by atoms with Gasteiger partial charge >= 0.3 is 0 Å².